The molecule has 0 aliphatic heterocycles. The highest BCUT2D eigenvalue weighted by atomic mass is 15.1. The predicted molar refractivity (Wildman–Crippen MR) is 56.4 cm³/mol. The van der Waals surface area contributed by atoms with E-state index in [9.17, 15) is 0 Å². The van der Waals surface area contributed by atoms with E-state index in [-0.39, 0.29) is 0 Å². The van der Waals surface area contributed by atoms with E-state index in [1.54, 1.807) is 0 Å². The van der Waals surface area contributed by atoms with Crippen molar-refractivity contribution in [1.82, 2.24) is 4.90 Å². The van der Waals surface area contributed by atoms with Gasteiger partial charge < -0.3 is 0 Å². The fourth-order valence-corrected chi connectivity index (χ4v) is 1.31. The van der Waals surface area contributed by atoms with E-state index in [1.807, 2.05) is 0 Å². The van der Waals surface area contributed by atoms with Gasteiger partial charge in [0.1, 0.15) is 0 Å². The summed E-state index contributed by atoms with van der Waals surface area (Å²) in [5.74, 6) is 0.774. The zero-order valence-corrected chi connectivity index (χ0v) is 9.38. The zero-order valence-electron chi connectivity index (χ0n) is 9.38. The highest BCUT2D eigenvalue weighted by Crippen LogP contribution is 2.06. The first-order valence-corrected chi connectivity index (χ1v) is 5.19. The Balaban J connectivity index is 3.64. The van der Waals surface area contributed by atoms with Crippen LogP contribution in [0.1, 0.15) is 40.5 Å². The lowest BCUT2D eigenvalue weighted by Crippen LogP contribution is -2.32. The summed E-state index contributed by atoms with van der Waals surface area (Å²) in [6, 6.07) is 2.71. The molecule has 0 atom stereocenters. The molecule has 0 N–H and O–H groups in total. The van der Waals surface area contributed by atoms with Crippen molar-refractivity contribution in [3.8, 4) is 6.07 Å². The third-order valence-electron chi connectivity index (χ3n) is 2.23. The van der Waals surface area contributed by atoms with E-state index in [4.69, 9.17) is 5.26 Å². The van der Waals surface area contributed by atoms with E-state index < -0.39 is 0 Å². The number of hydrogen-bond acceptors (Lipinski definition) is 2. The molecule has 0 amide bonds. The molecular weight excluding hydrogens is 160 g/mol. The molecule has 0 aliphatic rings. The van der Waals surface area contributed by atoms with Crippen LogP contribution in [0.15, 0.2) is 0 Å². The molecule has 0 fully saturated rings. The topological polar surface area (TPSA) is 27.0 Å². The van der Waals surface area contributed by atoms with Gasteiger partial charge in [0.25, 0.3) is 0 Å². The van der Waals surface area contributed by atoms with Gasteiger partial charge >= 0.3 is 0 Å². The second kappa shape index (κ2) is 6.91. The Kier molecular flexibility index (Phi) is 6.62. The number of nitriles is 1. The van der Waals surface area contributed by atoms with Crippen molar-refractivity contribution in [2.75, 3.05) is 13.1 Å². The lowest BCUT2D eigenvalue weighted by Gasteiger charge is -2.23. The molecule has 0 aromatic rings. The maximum atomic E-state index is 8.60. The van der Waals surface area contributed by atoms with Crippen molar-refractivity contribution in [3.05, 3.63) is 0 Å². The fourth-order valence-electron chi connectivity index (χ4n) is 1.31. The van der Waals surface area contributed by atoms with Gasteiger partial charge in [0.05, 0.1) is 12.6 Å². The molecule has 2 nitrogen and oxygen atoms in total. The second-order valence-electron chi connectivity index (χ2n) is 4.26. The Labute approximate surface area is 82.5 Å². The van der Waals surface area contributed by atoms with E-state index in [2.05, 4.69) is 38.7 Å². The van der Waals surface area contributed by atoms with Gasteiger partial charge in [0.2, 0.25) is 0 Å². The highest BCUT2D eigenvalue weighted by Gasteiger charge is 2.07. The molecule has 0 heterocycles. The Bertz CT molecular complexity index is 156. The molecule has 0 spiro atoms. The van der Waals surface area contributed by atoms with Crippen molar-refractivity contribution in [3.63, 3.8) is 0 Å². The summed E-state index contributed by atoms with van der Waals surface area (Å²) in [7, 11) is 0. The number of hydrogen-bond donors (Lipinski definition) is 0. The van der Waals surface area contributed by atoms with Crippen LogP contribution in [0.25, 0.3) is 0 Å². The van der Waals surface area contributed by atoms with E-state index >= 15 is 0 Å². The molecule has 0 rings (SSSR count). The molecule has 0 saturated heterocycles. The Morgan fingerprint density at radius 2 is 1.85 bits per heavy atom. The normalized spacial score (nSPS) is 11.2. The van der Waals surface area contributed by atoms with Crippen LogP contribution in [0, 0.1) is 17.2 Å². The lowest BCUT2D eigenvalue weighted by molar-refractivity contribution is 0.239. The Morgan fingerprint density at radius 1 is 1.23 bits per heavy atom. The van der Waals surface area contributed by atoms with E-state index in [0.29, 0.717) is 12.6 Å². The van der Waals surface area contributed by atoms with Crippen molar-refractivity contribution < 1.29 is 0 Å². The SMILES string of the molecule is CC(C)CCCN(CC#N)C(C)C. The smallest absolute Gasteiger partial charge is 0.0868 e. The van der Waals surface area contributed by atoms with E-state index in [0.717, 1.165) is 12.5 Å². The second-order valence-corrected chi connectivity index (χ2v) is 4.26. The zero-order chi connectivity index (χ0) is 10.3. The highest BCUT2D eigenvalue weighted by molar-refractivity contribution is 4.78. The molecule has 0 aromatic carbocycles. The molecule has 2 heteroatoms. The van der Waals surface area contributed by atoms with Gasteiger partial charge in [-0.1, -0.05) is 13.8 Å². The lowest BCUT2D eigenvalue weighted by atomic mass is 10.1. The summed E-state index contributed by atoms with van der Waals surface area (Å²) >= 11 is 0. The minimum absolute atomic E-state index is 0.492. The summed E-state index contributed by atoms with van der Waals surface area (Å²) < 4.78 is 0. The van der Waals surface area contributed by atoms with Gasteiger partial charge in [-0.3, -0.25) is 4.90 Å². The van der Waals surface area contributed by atoms with Crippen molar-refractivity contribution in [2.24, 2.45) is 5.92 Å². The fraction of sp³-hybridized carbons (Fsp3) is 0.909. The molecular formula is C11H22N2. The third-order valence-corrected chi connectivity index (χ3v) is 2.23. The maximum Gasteiger partial charge on any atom is 0.0868 e. The van der Waals surface area contributed by atoms with Crippen LogP contribution in [0.4, 0.5) is 0 Å². The van der Waals surface area contributed by atoms with Crippen molar-refractivity contribution in [2.45, 2.75) is 46.6 Å². The predicted octanol–water partition coefficient (Wildman–Crippen LogP) is 2.66. The number of nitrogens with zero attached hydrogens (tertiary/aromatic N) is 2. The first kappa shape index (κ1) is 12.4. The van der Waals surface area contributed by atoms with Crippen LogP contribution < -0.4 is 0 Å². The monoisotopic (exact) mass is 182 g/mol. The number of rotatable bonds is 6. The molecule has 0 unspecified atom stereocenters. The summed E-state index contributed by atoms with van der Waals surface area (Å²) in [4.78, 5) is 2.22. The standard InChI is InChI=1S/C11H22N2/c1-10(2)6-5-8-13(9-7-12)11(3)4/h10-11H,5-6,8-9H2,1-4H3. The average Bonchev–Trinajstić information content (AvgIpc) is 2.02. The van der Waals surface area contributed by atoms with Crippen LogP contribution in [-0.2, 0) is 0 Å². The molecule has 0 saturated carbocycles. The molecule has 13 heavy (non-hydrogen) atoms. The van der Waals surface area contributed by atoms with Crippen molar-refractivity contribution in [1.29, 1.82) is 5.26 Å². The quantitative estimate of drug-likeness (QED) is 0.590. The van der Waals surface area contributed by atoms with Crippen LogP contribution in [0.5, 0.6) is 0 Å². The summed E-state index contributed by atoms with van der Waals surface area (Å²) in [6.07, 6.45) is 2.46. The first-order valence-electron chi connectivity index (χ1n) is 5.19. The van der Waals surface area contributed by atoms with Gasteiger partial charge in [0, 0.05) is 6.04 Å². The minimum Gasteiger partial charge on any atom is -0.288 e. The van der Waals surface area contributed by atoms with E-state index in [1.165, 1.54) is 12.8 Å². The largest absolute Gasteiger partial charge is 0.288 e. The summed E-state index contributed by atoms with van der Waals surface area (Å²) in [5, 5.41) is 8.60. The Morgan fingerprint density at radius 3 is 2.23 bits per heavy atom. The molecule has 0 aliphatic carbocycles. The molecule has 0 bridgehead atoms. The summed E-state index contributed by atoms with van der Waals surface area (Å²) in [5.41, 5.74) is 0. The molecule has 0 radical (unpaired) electrons. The van der Waals surface area contributed by atoms with Gasteiger partial charge in [-0.2, -0.15) is 5.26 Å². The third kappa shape index (κ3) is 6.60. The van der Waals surface area contributed by atoms with Crippen molar-refractivity contribution >= 4 is 0 Å². The minimum atomic E-state index is 0.492. The Hall–Kier alpha value is -0.550. The van der Waals surface area contributed by atoms with Gasteiger partial charge in [-0.05, 0) is 39.2 Å². The molecule has 76 valence electrons. The first-order chi connectivity index (χ1) is 6.07. The van der Waals surface area contributed by atoms with Crippen LogP contribution in [0.3, 0.4) is 0 Å². The average molecular weight is 182 g/mol. The van der Waals surface area contributed by atoms with Crippen LogP contribution >= 0.6 is 0 Å². The summed E-state index contributed by atoms with van der Waals surface area (Å²) in [6.45, 7) is 10.4. The maximum absolute atomic E-state index is 8.60. The van der Waals surface area contributed by atoms with Crippen LogP contribution in [0.2, 0.25) is 0 Å². The van der Waals surface area contributed by atoms with Gasteiger partial charge in [-0.15, -0.1) is 0 Å². The van der Waals surface area contributed by atoms with Crippen LogP contribution in [-0.4, -0.2) is 24.0 Å². The van der Waals surface area contributed by atoms with Gasteiger partial charge in [0.15, 0.2) is 0 Å². The van der Waals surface area contributed by atoms with Gasteiger partial charge in [-0.25, -0.2) is 0 Å². The molecule has 0 aromatic heterocycles.